The second-order valence-corrected chi connectivity index (χ2v) is 20.7. The average Bonchev–Trinajstić information content (AvgIpc) is 4.11. The third-order valence-corrected chi connectivity index (χ3v) is 16.1. The Morgan fingerprint density at radius 3 is 1.04 bits per heavy atom. The summed E-state index contributed by atoms with van der Waals surface area (Å²) < 4.78 is 27.9. The summed E-state index contributed by atoms with van der Waals surface area (Å²) in [7, 11) is 0. The molecular weight excluding hydrogens is 981 g/mol. The van der Waals surface area contributed by atoms with Gasteiger partial charge in [0.1, 0.15) is 22.3 Å². The third kappa shape index (κ3) is 6.72. The number of benzene rings is 13. The van der Waals surface area contributed by atoms with E-state index in [9.17, 15) is 0 Å². The highest BCUT2D eigenvalue weighted by Gasteiger charge is 2.28. The molecule has 13 aromatic carbocycles. The smallest absolute Gasteiger partial charge is 0.179 e. The molecule has 17 aromatic rings. The van der Waals surface area contributed by atoms with Gasteiger partial charge in [0.2, 0.25) is 0 Å². The highest BCUT2D eigenvalue weighted by molar-refractivity contribution is 6.31. The van der Waals surface area contributed by atoms with Gasteiger partial charge in [-0.2, -0.15) is 0 Å². The molecule has 0 saturated heterocycles. The second kappa shape index (κ2) is 17.3. The molecule has 0 atom stereocenters. The molecule has 0 unspecified atom stereocenters. The fourth-order valence-corrected chi connectivity index (χ4v) is 12.6. The van der Waals surface area contributed by atoms with Crippen molar-refractivity contribution in [1.29, 1.82) is 0 Å². The Balaban J connectivity index is 0.893. The van der Waals surface area contributed by atoms with Crippen LogP contribution in [0.2, 0.25) is 0 Å². The van der Waals surface area contributed by atoms with Gasteiger partial charge in [-0.1, -0.05) is 170 Å². The first-order chi connectivity index (χ1) is 39.7. The molecule has 0 amide bonds. The summed E-state index contributed by atoms with van der Waals surface area (Å²) in [5, 5.41) is 12.6. The molecule has 374 valence electrons. The summed E-state index contributed by atoms with van der Waals surface area (Å²) in [6, 6.07) is 94.2. The third-order valence-electron chi connectivity index (χ3n) is 16.1. The van der Waals surface area contributed by atoms with Crippen molar-refractivity contribution in [2.45, 2.75) is 0 Å². The van der Waals surface area contributed by atoms with Gasteiger partial charge in [0, 0.05) is 77.0 Å². The van der Waals surface area contributed by atoms with Crippen LogP contribution in [0.1, 0.15) is 0 Å². The number of furan rings is 4. The van der Waals surface area contributed by atoms with Crippen LogP contribution in [0, 0.1) is 0 Å². The van der Waals surface area contributed by atoms with Gasteiger partial charge in [-0.05, 0) is 130 Å². The van der Waals surface area contributed by atoms with Crippen molar-refractivity contribution >= 4 is 143 Å². The lowest BCUT2D eigenvalue weighted by Gasteiger charge is -2.25. The monoisotopic (exact) mass is 1020 g/mol. The molecule has 0 spiro atoms. The quantitative estimate of drug-likeness (QED) is 0.151. The zero-order valence-electron chi connectivity index (χ0n) is 42.9. The van der Waals surface area contributed by atoms with Crippen molar-refractivity contribution in [2.24, 2.45) is 0 Å². The summed E-state index contributed by atoms with van der Waals surface area (Å²) >= 11 is 0. The molecule has 4 aromatic heterocycles. The summed E-state index contributed by atoms with van der Waals surface area (Å²) in [5.41, 5.74) is 16.7. The molecule has 80 heavy (non-hydrogen) atoms. The fourth-order valence-electron chi connectivity index (χ4n) is 12.6. The minimum Gasteiger partial charge on any atom is -0.454 e. The maximum atomic E-state index is 7.28. The van der Waals surface area contributed by atoms with E-state index in [-0.39, 0.29) is 0 Å². The average molecular weight is 1030 g/mol. The summed E-state index contributed by atoms with van der Waals surface area (Å²) in [6.07, 6.45) is 0. The minimum absolute atomic E-state index is 0.710. The first-order valence-electron chi connectivity index (χ1n) is 27.0. The molecule has 6 heteroatoms. The van der Waals surface area contributed by atoms with Crippen LogP contribution in [0.3, 0.4) is 0 Å². The molecule has 0 radical (unpaired) electrons. The van der Waals surface area contributed by atoms with Gasteiger partial charge in [0.15, 0.2) is 22.3 Å². The van der Waals surface area contributed by atoms with Crippen LogP contribution in [0.15, 0.2) is 285 Å². The van der Waals surface area contributed by atoms with E-state index in [1.165, 1.54) is 0 Å². The zero-order chi connectivity index (χ0) is 52.4. The van der Waals surface area contributed by atoms with Crippen LogP contribution in [0.4, 0.5) is 34.1 Å². The standard InChI is InChI=1S/C74H44N2O4/c1-5-19-45(20-6-1)67-68(46-21-7-2-8-22-46)70-60-42-48-36-38-54(76(52-25-11-4-12-26-52)62-32-18-30-58-56-28-14-16-34-64(56)78-72(58)62)40-50(48)44-66(60)80-74(70)73-69(67)59-41-47-35-37-53(39-49(47)43-65(59)79-73)75(51-23-9-3-10-24-51)61-31-17-29-57-55-27-13-15-33-63(55)77-71(57)61/h1-44H. The van der Waals surface area contributed by atoms with Gasteiger partial charge in [0.25, 0.3) is 0 Å². The first kappa shape index (κ1) is 44.3. The molecule has 0 fully saturated rings. The maximum absolute atomic E-state index is 7.28. The van der Waals surface area contributed by atoms with Crippen molar-refractivity contribution < 1.29 is 17.7 Å². The predicted octanol–water partition coefficient (Wildman–Crippen LogP) is 21.9. The molecule has 0 aliphatic rings. The number of hydrogen-bond donors (Lipinski definition) is 0. The van der Waals surface area contributed by atoms with Crippen LogP contribution in [0.5, 0.6) is 0 Å². The topological polar surface area (TPSA) is 59.0 Å². The van der Waals surface area contributed by atoms with Crippen LogP contribution < -0.4 is 9.80 Å². The first-order valence-corrected chi connectivity index (χ1v) is 27.0. The lowest BCUT2D eigenvalue weighted by Crippen LogP contribution is -2.10. The SMILES string of the molecule is c1ccc(-c2c(-c3ccccc3)c3c4cc5ccc(N(c6ccccc6)c6cccc7c6oc6ccccc67)cc5cc4oc3c3oc4cc5cc(N(c6ccccc6)c6cccc7c6oc6ccccc67)ccc5cc4c23)cc1. The number of nitrogens with zero attached hydrogens (tertiary/aromatic N) is 2. The van der Waals surface area contributed by atoms with E-state index >= 15 is 0 Å². The largest absolute Gasteiger partial charge is 0.454 e. The van der Waals surface area contributed by atoms with E-state index in [2.05, 4.69) is 252 Å². The highest BCUT2D eigenvalue weighted by atomic mass is 16.4. The van der Waals surface area contributed by atoms with Gasteiger partial charge in [-0.15, -0.1) is 0 Å². The fraction of sp³-hybridized carbons (Fsp3) is 0. The molecule has 6 nitrogen and oxygen atoms in total. The van der Waals surface area contributed by atoms with Crippen molar-refractivity contribution in [3.63, 3.8) is 0 Å². The Hall–Kier alpha value is -10.8. The van der Waals surface area contributed by atoms with Gasteiger partial charge in [-0.25, -0.2) is 0 Å². The zero-order valence-corrected chi connectivity index (χ0v) is 42.9. The van der Waals surface area contributed by atoms with E-state index in [0.29, 0.717) is 11.2 Å². The van der Waals surface area contributed by atoms with Crippen LogP contribution >= 0.6 is 0 Å². The van der Waals surface area contributed by atoms with Crippen molar-refractivity contribution in [3.8, 4) is 22.3 Å². The Kier molecular flexibility index (Phi) is 9.61. The Morgan fingerprint density at radius 2 is 0.600 bits per heavy atom. The number of rotatable bonds is 8. The molecule has 0 aliphatic heterocycles. The number of hydrogen-bond acceptors (Lipinski definition) is 6. The van der Waals surface area contributed by atoms with Crippen molar-refractivity contribution in [1.82, 2.24) is 0 Å². The molecule has 0 aliphatic carbocycles. The maximum Gasteiger partial charge on any atom is 0.179 e. The Labute approximate surface area is 457 Å². The molecule has 0 N–H and O–H groups in total. The number of fused-ring (bicyclic) bond motifs is 15. The van der Waals surface area contributed by atoms with Gasteiger partial charge in [0.05, 0.1) is 11.4 Å². The van der Waals surface area contributed by atoms with Gasteiger partial charge < -0.3 is 27.5 Å². The van der Waals surface area contributed by atoms with E-state index < -0.39 is 0 Å². The molecular formula is C74H44N2O4. The van der Waals surface area contributed by atoms with Crippen LogP contribution in [0.25, 0.3) is 132 Å². The number of para-hydroxylation sites is 6. The lowest BCUT2D eigenvalue weighted by atomic mass is 9.87. The Morgan fingerprint density at radius 1 is 0.225 bits per heavy atom. The van der Waals surface area contributed by atoms with E-state index in [0.717, 1.165) is 155 Å². The van der Waals surface area contributed by atoms with E-state index in [1.54, 1.807) is 0 Å². The van der Waals surface area contributed by atoms with Crippen LogP contribution in [-0.4, -0.2) is 0 Å². The summed E-state index contributed by atoms with van der Waals surface area (Å²) in [6.45, 7) is 0. The molecule has 0 saturated carbocycles. The normalized spacial score (nSPS) is 12.0. The highest BCUT2D eigenvalue weighted by Crippen LogP contribution is 2.53. The predicted molar refractivity (Wildman–Crippen MR) is 331 cm³/mol. The van der Waals surface area contributed by atoms with Gasteiger partial charge >= 0.3 is 0 Å². The second-order valence-electron chi connectivity index (χ2n) is 20.7. The lowest BCUT2D eigenvalue weighted by molar-refractivity contribution is 0.634. The molecule has 17 rings (SSSR count). The van der Waals surface area contributed by atoms with E-state index in [1.807, 2.05) is 24.3 Å². The summed E-state index contributed by atoms with van der Waals surface area (Å²) in [5.74, 6) is 0. The molecule has 4 heterocycles. The molecule has 0 bridgehead atoms. The van der Waals surface area contributed by atoms with Gasteiger partial charge in [-0.3, -0.25) is 0 Å². The Bertz CT molecular complexity index is 4970. The van der Waals surface area contributed by atoms with Crippen LogP contribution in [-0.2, 0) is 0 Å². The minimum atomic E-state index is 0.710. The number of anilines is 6. The van der Waals surface area contributed by atoms with Crippen molar-refractivity contribution in [3.05, 3.63) is 267 Å². The summed E-state index contributed by atoms with van der Waals surface area (Å²) in [4.78, 5) is 4.58. The van der Waals surface area contributed by atoms with Crippen molar-refractivity contribution in [2.75, 3.05) is 9.80 Å². The van der Waals surface area contributed by atoms with E-state index in [4.69, 9.17) is 17.7 Å².